The van der Waals surface area contributed by atoms with E-state index < -0.39 is 0 Å². The predicted molar refractivity (Wildman–Crippen MR) is 34.8 cm³/mol. The molecular weight excluding hydrogens is 114 g/mol. The Bertz CT molecular complexity index is 93.1. The topological polar surface area (TPSA) is 21.3 Å². The van der Waals surface area contributed by atoms with E-state index in [9.17, 15) is 0 Å². The van der Waals surface area contributed by atoms with Gasteiger partial charge >= 0.3 is 0 Å². The van der Waals surface area contributed by atoms with Crippen LogP contribution < -0.4 is 5.32 Å². The zero-order chi connectivity index (χ0) is 6.10. The van der Waals surface area contributed by atoms with E-state index in [1.807, 2.05) is 0 Å². The summed E-state index contributed by atoms with van der Waals surface area (Å²) in [6, 6.07) is 1.45. The third-order valence-corrected chi connectivity index (χ3v) is 2.15. The van der Waals surface area contributed by atoms with Gasteiger partial charge in [0.05, 0.1) is 19.3 Å². The summed E-state index contributed by atoms with van der Waals surface area (Å²) in [5, 5.41) is 3.37. The molecule has 0 bridgehead atoms. The van der Waals surface area contributed by atoms with E-state index in [0.717, 1.165) is 25.7 Å². The van der Waals surface area contributed by atoms with Gasteiger partial charge < -0.3 is 10.1 Å². The quantitative estimate of drug-likeness (QED) is 0.511. The van der Waals surface area contributed by atoms with E-state index >= 15 is 0 Å². The summed E-state index contributed by atoms with van der Waals surface area (Å²) >= 11 is 0. The average molecular weight is 126 g/mol. The van der Waals surface area contributed by atoms with Crippen LogP contribution in [-0.4, -0.2) is 19.8 Å². The molecule has 2 heteroatoms. The molecule has 2 saturated heterocycles. The minimum absolute atomic E-state index is 0.749. The molecule has 9 heavy (non-hydrogen) atoms. The van der Waals surface area contributed by atoms with Crippen LogP contribution in [0.15, 0.2) is 0 Å². The molecule has 2 aliphatic rings. The molecule has 1 N–H and O–H groups in total. The van der Waals surface area contributed by atoms with Gasteiger partial charge in [-0.25, -0.2) is 0 Å². The number of ether oxygens (including phenoxy) is 1. The van der Waals surface area contributed by atoms with Gasteiger partial charge in [-0.15, -0.1) is 0 Å². The number of rotatable bonds is 0. The lowest BCUT2D eigenvalue weighted by Gasteiger charge is -2.23. The van der Waals surface area contributed by atoms with Crippen molar-refractivity contribution in [3.8, 4) is 0 Å². The molecule has 1 atom stereocenters. The second-order valence-corrected chi connectivity index (χ2v) is 2.81. The van der Waals surface area contributed by atoms with Crippen molar-refractivity contribution in [1.82, 2.24) is 5.32 Å². The van der Waals surface area contributed by atoms with E-state index in [1.54, 1.807) is 0 Å². The number of piperidine rings is 1. The number of fused-ring (bicyclic) bond motifs is 1. The maximum Gasteiger partial charge on any atom is 0.0677 e. The van der Waals surface area contributed by atoms with Crippen molar-refractivity contribution in [3.63, 3.8) is 0 Å². The van der Waals surface area contributed by atoms with Gasteiger partial charge in [0.15, 0.2) is 0 Å². The summed E-state index contributed by atoms with van der Waals surface area (Å²) in [5.74, 6) is 0.749. The highest BCUT2D eigenvalue weighted by Gasteiger charge is 2.30. The van der Waals surface area contributed by atoms with Crippen LogP contribution in [0.4, 0.5) is 0 Å². The molecule has 0 aromatic rings. The molecule has 0 saturated carbocycles. The first-order chi connectivity index (χ1) is 4.47. The van der Waals surface area contributed by atoms with Crippen molar-refractivity contribution in [1.29, 1.82) is 0 Å². The standard InChI is InChI=1S/C7H12NO/c1-2-6-4-9-5-7(6)8-3-1/h6,8H,1-5H2. The SMILES string of the molecule is C1CN[C]2COCC2C1. The molecule has 51 valence electrons. The highest BCUT2D eigenvalue weighted by molar-refractivity contribution is 5.00. The molecule has 1 radical (unpaired) electrons. The minimum atomic E-state index is 0.749. The number of nitrogens with one attached hydrogen (secondary N) is 1. The first-order valence-corrected chi connectivity index (χ1v) is 3.64. The molecule has 2 rings (SSSR count). The Labute approximate surface area is 55.6 Å². The molecule has 1 unspecified atom stereocenters. The third kappa shape index (κ3) is 0.970. The largest absolute Gasteiger partial charge is 0.379 e. The Kier molecular flexibility index (Phi) is 1.44. The van der Waals surface area contributed by atoms with Crippen molar-refractivity contribution in [2.45, 2.75) is 12.8 Å². The first kappa shape index (κ1) is 5.69. The summed E-state index contributed by atoms with van der Waals surface area (Å²) in [6.45, 7) is 2.99. The summed E-state index contributed by atoms with van der Waals surface area (Å²) in [5.41, 5.74) is 0. The lowest BCUT2D eigenvalue weighted by Crippen LogP contribution is -2.33. The fourth-order valence-electron chi connectivity index (χ4n) is 1.58. The summed E-state index contributed by atoms with van der Waals surface area (Å²) in [6.07, 6.45) is 2.65. The van der Waals surface area contributed by atoms with E-state index in [-0.39, 0.29) is 0 Å². The van der Waals surface area contributed by atoms with Crippen LogP contribution in [0.5, 0.6) is 0 Å². The second-order valence-electron chi connectivity index (χ2n) is 2.81. The van der Waals surface area contributed by atoms with Gasteiger partial charge in [0.1, 0.15) is 0 Å². The van der Waals surface area contributed by atoms with Crippen LogP contribution in [0, 0.1) is 12.0 Å². The van der Waals surface area contributed by atoms with E-state index in [0.29, 0.717) is 0 Å². The van der Waals surface area contributed by atoms with Crippen molar-refractivity contribution in [3.05, 3.63) is 6.04 Å². The third-order valence-electron chi connectivity index (χ3n) is 2.15. The van der Waals surface area contributed by atoms with Crippen molar-refractivity contribution < 1.29 is 4.74 Å². The van der Waals surface area contributed by atoms with Crippen LogP contribution in [0.3, 0.4) is 0 Å². The van der Waals surface area contributed by atoms with Gasteiger partial charge in [-0.3, -0.25) is 0 Å². The highest BCUT2D eigenvalue weighted by Crippen LogP contribution is 2.27. The molecule has 2 fully saturated rings. The maximum atomic E-state index is 5.29. The van der Waals surface area contributed by atoms with Crippen LogP contribution in [0.25, 0.3) is 0 Å². The van der Waals surface area contributed by atoms with Gasteiger partial charge in [-0.2, -0.15) is 0 Å². The molecule has 2 nitrogen and oxygen atoms in total. The summed E-state index contributed by atoms with van der Waals surface area (Å²) < 4.78 is 5.29. The molecule has 0 spiro atoms. The fraction of sp³-hybridized carbons (Fsp3) is 0.857. The lowest BCUT2D eigenvalue weighted by atomic mass is 9.94. The van der Waals surface area contributed by atoms with Crippen LogP contribution in [0.1, 0.15) is 12.8 Å². The first-order valence-electron chi connectivity index (χ1n) is 3.64. The van der Waals surface area contributed by atoms with Gasteiger partial charge in [0, 0.05) is 5.92 Å². The monoisotopic (exact) mass is 126 g/mol. The van der Waals surface area contributed by atoms with Crippen molar-refractivity contribution in [2.24, 2.45) is 5.92 Å². The molecule has 0 aromatic carbocycles. The van der Waals surface area contributed by atoms with Gasteiger partial charge in [-0.05, 0) is 19.4 Å². The highest BCUT2D eigenvalue weighted by atomic mass is 16.5. The van der Waals surface area contributed by atoms with Gasteiger partial charge in [0.25, 0.3) is 0 Å². The number of hydrogen-bond donors (Lipinski definition) is 1. The van der Waals surface area contributed by atoms with Crippen LogP contribution in [0.2, 0.25) is 0 Å². The normalized spacial score (nSPS) is 36.7. The summed E-state index contributed by atoms with van der Waals surface area (Å²) in [4.78, 5) is 0. The smallest absolute Gasteiger partial charge is 0.0677 e. The maximum absolute atomic E-state index is 5.29. The fourth-order valence-corrected chi connectivity index (χ4v) is 1.58. The van der Waals surface area contributed by atoms with Gasteiger partial charge in [-0.1, -0.05) is 0 Å². The molecule has 0 aliphatic carbocycles. The predicted octanol–water partition coefficient (Wildman–Crippen LogP) is 0.548. The Morgan fingerprint density at radius 3 is 3.44 bits per heavy atom. The Morgan fingerprint density at radius 1 is 1.56 bits per heavy atom. The van der Waals surface area contributed by atoms with E-state index in [2.05, 4.69) is 5.32 Å². The minimum Gasteiger partial charge on any atom is -0.379 e. The molecule has 2 aliphatic heterocycles. The zero-order valence-electron chi connectivity index (χ0n) is 5.52. The van der Waals surface area contributed by atoms with Crippen molar-refractivity contribution >= 4 is 0 Å². The van der Waals surface area contributed by atoms with E-state index in [4.69, 9.17) is 4.74 Å². The molecule has 0 amide bonds. The van der Waals surface area contributed by atoms with Crippen LogP contribution in [-0.2, 0) is 4.74 Å². The van der Waals surface area contributed by atoms with Crippen LogP contribution >= 0.6 is 0 Å². The molecular formula is C7H12NO. The Morgan fingerprint density at radius 2 is 2.56 bits per heavy atom. The molecule has 0 aromatic heterocycles. The Hall–Kier alpha value is -0.0800. The average Bonchev–Trinajstić information content (AvgIpc) is 2.33. The Balaban J connectivity index is 1.97. The van der Waals surface area contributed by atoms with Crippen molar-refractivity contribution in [2.75, 3.05) is 19.8 Å². The lowest BCUT2D eigenvalue weighted by molar-refractivity contribution is 0.186. The zero-order valence-corrected chi connectivity index (χ0v) is 5.52. The molecule has 2 heterocycles. The second kappa shape index (κ2) is 2.27. The summed E-state index contributed by atoms with van der Waals surface area (Å²) in [7, 11) is 0. The van der Waals surface area contributed by atoms with E-state index in [1.165, 1.54) is 18.9 Å². The van der Waals surface area contributed by atoms with Gasteiger partial charge in [0.2, 0.25) is 0 Å². The number of hydrogen-bond acceptors (Lipinski definition) is 2.